The van der Waals surface area contributed by atoms with Crippen LogP contribution in [0.2, 0.25) is 0 Å². The van der Waals surface area contributed by atoms with Gasteiger partial charge in [-0.25, -0.2) is 26.3 Å². The second-order valence-corrected chi connectivity index (χ2v) is 9.89. The zero-order valence-corrected chi connectivity index (χ0v) is 16.6. The lowest BCUT2D eigenvalue weighted by molar-refractivity contribution is 0.0618. The van der Waals surface area contributed by atoms with Crippen molar-refractivity contribution in [3.63, 3.8) is 0 Å². The van der Waals surface area contributed by atoms with Crippen LogP contribution in [0.3, 0.4) is 0 Å². The zero-order valence-electron chi connectivity index (χ0n) is 14.9. The van der Waals surface area contributed by atoms with Crippen LogP contribution in [0, 0.1) is 0 Å². The van der Waals surface area contributed by atoms with Crippen molar-refractivity contribution in [1.29, 1.82) is 0 Å². The summed E-state index contributed by atoms with van der Waals surface area (Å²) in [5.41, 5.74) is 0.381. The van der Waals surface area contributed by atoms with Gasteiger partial charge in [-0.3, -0.25) is 4.79 Å². The normalized spacial score (nSPS) is 18.7. The minimum Gasteiger partial charge on any atom is -0.334 e. The van der Waals surface area contributed by atoms with Crippen LogP contribution >= 0.6 is 0 Å². The number of nitrogens with one attached hydrogen (secondary N) is 2. The van der Waals surface area contributed by atoms with E-state index >= 15 is 0 Å². The monoisotopic (exact) mass is 403 g/mol. The van der Waals surface area contributed by atoms with Crippen LogP contribution in [0.5, 0.6) is 0 Å². The van der Waals surface area contributed by atoms with Crippen LogP contribution in [-0.2, 0) is 20.0 Å². The van der Waals surface area contributed by atoms with Gasteiger partial charge in [0.05, 0.1) is 11.2 Å². The molecule has 0 aliphatic carbocycles. The molecule has 10 heteroatoms. The van der Waals surface area contributed by atoms with E-state index in [1.54, 1.807) is 11.8 Å². The molecule has 0 radical (unpaired) electrons. The van der Waals surface area contributed by atoms with Gasteiger partial charge in [0.15, 0.2) is 0 Å². The van der Waals surface area contributed by atoms with Crippen LogP contribution in [0.15, 0.2) is 29.2 Å². The molecule has 0 spiro atoms. The number of likely N-dealkylation sites (tertiary alicyclic amines) is 1. The highest BCUT2D eigenvalue weighted by Gasteiger charge is 2.28. The summed E-state index contributed by atoms with van der Waals surface area (Å²) in [6.07, 6.45) is 3.60. The third kappa shape index (κ3) is 5.50. The van der Waals surface area contributed by atoms with Crippen molar-refractivity contribution in [2.45, 2.75) is 37.1 Å². The standard InChI is InChI=1S/C16H25N3O5S2/c1-3-17-26(23,24)15-9-7-13(8-10-15)16(20)19-11-5-4-6-14(19)12-18-25(2,21)22/h7-10,14,17-18H,3-6,11-12H2,1-2H3/t14-/m0/s1. The van der Waals surface area contributed by atoms with Gasteiger partial charge in [0.2, 0.25) is 20.0 Å². The lowest BCUT2D eigenvalue weighted by atomic mass is 10.0. The van der Waals surface area contributed by atoms with E-state index in [2.05, 4.69) is 9.44 Å². The topological polar surface area (TPSA) is 113 Å². The van der Waals surface area contributed by atoms with E-state index in [1.165, 1.54) is 24.3 Å². The first kappa shape index (κ1) is 20.8. The first-order valence-electron chi connectivity index (χ1n) is 8.49. The van der Waals surface area contributed by atoms with E-state index in [9.17, 15) is 21.6 Å². The largest absolute Gasteiger partial charge is 0.334 e. The fraction of sp³-hybridized carbons (Fsp3) is 0.562. The Kier molecular flexibility index (Phi) is 6.78. The quantitative estimate of drug-likeness (QED) is 0.690. The minimum atomic E-state index is -3.57. The summed E-state index contributed by atoms with van der Waals surface area (Å²) in [5.74, 6) is -0.225. The maximum absolute atomic E-state index is 12.8. The van der Waals surface area contributed by atoms with Crippen molar-refractivity contribution in [2.75, 3.05) is 25.9 Å². The molecule has 1 fully saturated rings. The number of nitrogens with zero attached hydrogens (tertiary/aromatic N) is 1. The Morgan fingerprint density at radius 1 is 1.12 bits per heavy atom. The lowest BCUT2D eigenvalue weighted by Crippen LogP contribution is -2.49. The van der Waals surface area contributed by atoms with Crippen LogP contribution in [-0.4, -0.2) is 59.6 Å². The number of sulfonamides is 2. The summed E-state index contributed by atoms with van der Waals surface area (Å²) in [4.78, 5) is 14.6. The van der Waals surface area contributed by atoms with Crippen molar-refractivity contribution in [3.8, 4) is 0 Å². The van der Waals surface area contributed by atoms with Crippen molar-refractivity contribution >= 4 is 26.0 Å². The highest BCUT2D eigenvalue weighted by molar-refractivity contribution is 7.89. The smallest absolute Gasteiger partial charge is 0.254 e. The van der Waals surface area contributed by atoms with E-state index in [4.69, 9.17) is 0 Å². The molecule has 2 N–H and O–H groups in total. The van der Waals surface area contributed by atoms with Crippen molar-refractivity contribution in [2.24, 2.45) is 0 Å². The summed E-state index contributed by atoms with van der Waals surface area (Å²) in [7, 11) is -6.89. The maximum Gasteiger partial charge on any atom is 0.254 e. The van der Waals surface area contributed by atoms with Gasteiger partial charge in [0.25, 0.3) is 5.91 Å². The minimum absolute atomic E-state index is 0.102. The third-order valence-electron chi connectivity index (χ3n) is 4.22. The number of hydrogen-bond acceptors (Lipinski definition) is 5. The van der Waals surface area contributed by atoms with Crippen molar-refractivity contribution < 1.29 is 21.6 Å². The number of rotatable bonds is 7. The Bertz CT molecular complexity index is 835. The Morgan fingerprint density at radius 2 is 1.77 bits per heavy atom. The van der Waals surface area contributed by atoms with Crippen LogP contribution in [0.1, 0.15) is 36.5 Å². The molecular formula is C16H25N3O5S2. The maximum atomic E-state index is 12.8. The average Bonchev–Trinajstić information content (AvgIpc) is 2.59. The molecular weight excluding hydrogens is 378 g/mol. The molecule has 2 rings (SSSR count). The summed E-state index contributed by atoms with van der Waals surface area (Å²) in [6.45, 7) is 2.70. The van der Waals surface area contributed by atoms with E-state index in [0.717, 1.165) is 25.5 Å². The molecule has 1 aromatic rings. The fourth-order valence-electron chi connectivity index (χ4n) is 2.94. The molecule has 0 aromatic heterocycles. The van der Waals surface area contributed by atoms with Crippen molar-refractivity contribution in [3.05, 3.63) is 29.8 Å². The molecule has 1 aromatic carbocycles. The molecule has 0 bridgehead atoms. The lowest BCUT2D eigenvalue weighted by Gasteiger charge is -2.35. The number of carbonyl (C=O) groups is 1. The predicted molar refractivity (Wildman–Crippen MR) is 98.8 cm³/mol. The number of amides is 1. The highest BCUT2D eigenvalue weighted by atomic mass is 32.2. The Hall–Kier alpha value is -1.49. The van der Waals surface area contributed by atoms with E-state index in [1.807, 2.05) is 0 Å². The number of hydrogen-bond donors (Lipinski definition) is 2. The second kappa shape index (κ2) is 8.47. The average molecular weight is 404 g/mol. The number of benzene rings is 1. The summed E-state index contributed by atoms with van der Waals surface area (Å²) >= 11 is 0. The number of carbonyl (C=O) groups excluding carboxylic acids is 1. The summed E-state index contributed by atoms with van der Waals surface area (Å²) in [6, 6.07) is 5.57. The van der Waals surface area contributed by atoms with Gasteiger partial charge in [-0.05, 0) is 43.5 Å². The van der Waals surface area contributed by atoms with E-state index in [0.29, 0.717) is 12.1 Å². The van der Waals surface area contributed by atoms with Gasteiger partial charge in [-0.15, -0.1) is 0 Å². The molecule has 1 aliphatic heterocycles. The molecule has 146 valence electrons. The predicted octanol–water partition coefficient (Wildman–Crippen LogP) is 0.529. The third-order valence-corrected chi connectivity index (χ3v) is 6.47. The fourth-order valence-corrected chi connectivity index (χ4v) is 4.48. The Labute approximate surface area is 155 Å². The molecule has 8 nitrogen and oxygen atoms in total. The van der Waals surface area contributed by atoms with Crippen LogP contribution in [0.25, 0.3) is 0 Å². The van der Waals surface area contributed by atoms with Crippen LogP contribution < -0.4 is 9.44 Å². The van der Waals surface area contributed by atoms with Gasteiger partial charge >= 0.3 is 0 Å². The molecule has 1 aliphatic rings. The van der Waals surface area contributed by atoms with Crippen molar-refractivity contribution in [1.82, 2.24) is 14.3 Å². The molecule has 1 atom stereocenters. The zero-order chi connectivity index (χ0) is 19.4. The summed E-state index contributed by atoms with van der Waals surface area (Å²) in [5, 5.41) is 0. The molecule has 0 saturated carbocycles. The van der Waals surface area contributed by atoms with E-state index < -0.39 is 20.0 Å². The molecule has 1 amide bonds. The second-order valence-electron chi connectivity index (χ2n) is 6.29. The van der Waals surface area contributed by atoms with E-state index in [-0.39, 0.29) is 29.9 Å². The molecule has 1 heterocycles. The van der Waals surface area contributed by atoms with Crippen LogP contribution in [0.4, 0.5) is 0 Å². The summed E-state index contributed by atoms with van der Waals surface area (Å²) < 4.78 is 51.5. The first-order chi connectivity index (χ1) is 12.1. The van der Waals surface area contributed by atoms with Gasteiger partial charge in [0, 0.05) is 31.2 Å². The van der Waals surface area contributed by atoms with Gasteiger partial charge < -0.3 is 4.90 Å². The highest BCUT2D eigenvalue weighted by Crippen LogP contribution is 2.20. The Balaban J connectivity index is 2.15. The SMILES string of the molecule is CCNS(=O)(=O)c1ccc(C(=O)N2CCCC[C@H]2CNS(C)(=O)=O)cc1. The van der Waals surface area contributed by atoms with Gasteiger partial charge in [0.1, 0.15) is 0 Å². The first-order valence-corrected chi connectivity index (χ1v) is 11.9. The molecule has 26 heavy (non-hydrogen) atoms. The van der Waals surface area contributed by atoms with Gasteiger partial charge in [-0.1, -0.05) is 6.92 Å². The molecule has 1 saturated heterocycles. The Morgan fingerprint density at radius 3 is 2.35 bits per heavy atom. The number of piperidine rings is 1. The molecule has 0 unspecified atom stereocenters. The van der Waals surface area contributed by atoms with Gasteiger partial charge in [-0.2, -0.15) is 0 Å².